The summed E-state index contributed by atoms with van der Waals surface area (Å²) in [5, 5.41) is 2.59. The van der Waals surface area contributed by atoms with Crippen molar-refractivity contribution >= 4 is 17.5 Å². The second-order valence-corrected chi connectivity index (χ2v) is 8.92. The lowest BCUT2D eigenvalue weighted by molar-refractivity contribution is 0.0582. The van der Waals surface area contributed by atoms with E-state index in [9.17, 15) is 27.2 Å². The van der Waals surface area contributed by atoms with Crippen molar-refractivity contribution in [2.45, 2.75) is 44.3 Å². The van der Waals surface area contributed by atoms with Gasteiger partial charge in [-0.2, -0.15) is 0 Å². The molecule has 4 rings (SSSR count). The summed E-state index contributed by atoms with van der Waals surface area (Å²) < 4.78 is 54.7. The van der Waals surface area contributed by atoms with Crippen molar-refractivity contribution in [1.82, 2.24) is 4.90 Å². The van der Waals surface area contributed by atoms with Crippen molar-refractivity contribution in [3.63, 3.8) is 0 Å². The standard InChI is InChI=1S/C27H25F4N3O2/c28-19-9-17(10-20(29)13-19)26(35)33-23-5-3-4-16(8-23)15-34(25-7-2-1-6-24(25)32)27(36)18-11-21(30)14-22(31)12-18/h3-5,8-14,24-25H,1-2,6-7,15,32H2,(H,33,35). The number of carbonyl (C=O) groups excluding carboxylic acids is 2. The van der Waals surface area contributed by atoms with Crippen LogP contribution >= 0.6 is 0 Å². The number of hydrogen-bond donors (Lipinski definition) is 2. The highest BCUT2D eigenvalue weighted by atomic mass is 19.1. The van der Waals surface area contributed by atoms with Crippen LogP contribution in [0.5, 0.6) is 0 Å². The normalized spacial score (nSPS) is 17.5. The molecule has 1 fully saturated rings. The number of amides is 2. The van der Waals surface area contributed by atoms with Gasteiger partial charge in [0.1, 0.15) is 23.3 Å². The van der Waals surface area contributed by atoms with Gasteiger partial charge in [-0.1, -0.05) is 25.0 Å². The molecule has 3 N–H and O–H groups in total. The van der Waals surface area contributed by atoms with Gasteiger partial charge in [-0.3, -0.25) is 9.59 Å². The molecule has 36 heavy (non-hydrogen) atoms. The molecule has 1 aliphatic carbocycles. The minimum absolute atomic E-state index is 0.0770. The maximum absolute atomic E-state index is 13.8. The van der Waals surface area contributed by atoms with Crippen LogP contribution < -0.4 is 11.1 Å². The highest BCUT2D eigenvalue weighted by Gasteiger charge is 2.32. The summed E-state index contributed by atoms with van der Waals surface area (Å²) in [6.07, 6.45) is 3.15. The molecule has 3 aromatic rings. The maximum atomic E-state index is 13.8. The predicted molar refractivity (Wildman–Crippen MR) is 127 cm³/mol. The zero-order valence-electron chi connectivity index (χ0n) is 19.3. The van der Waals surface area contributed by atoms with Gasteiger partial charge in [-0.05, 0) is 54.8 Å². The van der Waals surface area contributed by atoms with Gasteiger partial charge in [-0.15, -0.1) is 0 Å². The van der Waals surface area contributed by atoms with Gasteiger partial charge in [0.05, 0.1) is 0 Å². The van der Waals surface area contributed by atoms with Crippen molar-refractivity contribution in [3.8, 4) is 0 Å². The molecule has 0 radical (unpaired) electrons. The third kappa shape index (κ3) is 6.09. The predicted octanol–water partition coefficient (Wildman–Crippen LogP) is 5.41. The Kier molecular flexibility index (Phi) is 7.69. The molecule has 0 bridgehead atoms. The van der Waals surface area contributed by atoms with Crippen molar-refractivity contribution in [2.75, 3.05) is 5.32 Å². The zero-order valence-corrected chi connectivity index (χ0v) is 19.3. The average molecular weight is 500 g/mol. The van der Waals surface area contributed by atoms with E-state index in [1.54, 1.807) is 24.3 Å². The Morgan fingerprint density at radius 2 is 1.42 bits per heavy atom. The van der Waals surface area contributed by atoms with Crippen molar-refractivity contribution < 1.29 is 27.2 Å². The van der Waals surface area contributed by atoms with Gasteiger partial charge >= 0.3 is 0 Å². The van der Waals surface area contributed by atoms with Crippen molar-refractivity contribution in [1.29, 1.82) is 0 Å². The molecule has 5 nitrogen and oxygen atoms in total. The highest BCUT2D eigenvalue weighted by Crippen LogP contribution is 2.26. The van der Waals surface area contributed by atoms with Gasteiger partial charge in [0.25, 0.3) is 11.8 Å². The Labute approximate surface area is 205 Å². The zero-order chi connectivity index (χ0) is 25.8. The van der Waals surface area contributed by atoms with Crippen LogP contribution in [-0.4, -0.2) is 28.8 Å². The lowest BCUT2D eigenvalue weighted by Crippen LogP contribution is -2.51. The van der Waals surface area contributed by atoms with Crippen LogP contribution in [0.2, 0.25) is 0 Å². The second kappa shape index (κ2) is 10.9. The highest BCUT2D eigenvalue weighted by molar-refractivity contribution is 6.04. The second-order valence-electron chi connectivity index (χ2n) is 8.92. The average Bonchev–Trinajstić information content (AvgIpc) is 2.82. The minimum Gasteiger partial charge on any atom is -0.330 e. The number of hydrogen-bond acceptors (Lipinski definition) is 3. The monoisotopic (exact) mass is 499 g/mol. The van der Waals surface area contributed by atoms with E-state index in [-0.39, 0.29) is 29.8 Å². The molecule has 3 aromatic carbocycles. The quantitative estimate of drug-likeness (QED) is 0.446. The van der Waals surface area contributed by atoms with E-state index in [0.29, 0.717) is 36.2 Å². The first-order valence-corrected chi connectivity index (χ1v) is 11.6. The van der Waals surface area contributed by atoms with E-state index in [1.807, 2.05) is 0 Å². The summed E-state index contributed by atoms with van der Waals surface area (Å²) in [5.74, 6) is -4.72. The van der Waals surface area contributed by atoms with E-state index < -0.39 is 35.1 Å². The maximum Gasteiger partial charge on any atom is 0.255 e. The number of carbonyl (C=O) groups is 2. The van der Waals surface area contributed by atoms with E-state index in [1.165, 1.54) is 4.90 Å². The summed E-state index contributed by atoms with van der Waals surface area (Å²) in [6.45, 7) is 0.0770. The summed E-state index contributed by atoms with van der Waals surface area (Å²) in [4.78, 5) is 27.4. The van der Waals surface area contributed by atoms with Crippen molar-refractivity contribution in [3.05, 3.63) is 101 Å². The SMILES string of the molecule is NC1CCCCC1N(Cc1cccc(NC(=O)c2cc(F)cc(F)c2)c1)C(=O)c1cc(F)cc(F)c1. The molecular formula is C27H25F4N3O2. The van der Waals surface area contributed by atoms with Gasteiger partial charge in [-0.25, -0.2) is 17.6 Å². The Morgan fingerprint density at radius 3 is 2.03 bits per heavy atom. The van der Waals surface area contributed by atoms with E-state index in [0.717, 1.165) is 37.1 Å². The number of nitrogens with two attached hydrogens (primary N) is 1. The Hall–Kier alpha value is -3.72. The summed E-state index contributed by atoms with van der Waals surface area (Å²) in [7, 11) is 0. The number of anilines is 1. The fourth-order valence-electron chi connectivity index (χ4n) is 4.54. The summed E-state index contributed by atoms with van der Waals surface area (Å²) >= 11 is 0. The van der Waals surface area contributed by atoms with Gasteiger partial charge < -0.3 is 16.0 Å². The molecule has 188 valence electrons. The number of benzene rings is 3. The number of nitrogens with one attached hydrogen (secondary N) is 1. The van der Waals surface area contributed by atoms with Crippen LogP contribution in [-0.2, 0) is 6.54 Å². The molecule has 2 atom stereocenters. The van der Waals surface area contributed by atoms with E-state index in [4.69, 9.17) is 5.73 Å². The third-order valence-electron chi connectivity index (χ3n) is 6.21. The van der Waals surface area contributed by atoms with Gasteiger partial charge in [0, 0.05) is 47.6 Å². The fourth-order valence-corrected chi connectivity index (χ4v) is 4.54. The molecule has 0 spiro atoms. The van der Waals surface area contributed by atoms with E-state index >= 15 is 0 Å². The van der Waals surface area contributed by atoms with Gasteiger partial charge in [0.2, 0.25) is 0 Å². The molecule has 0 aliphatic heterocycles. The Balaban J connectivity index is 1.59. The largest absolute Gasteiger partial charge is 0.330 e. The molecule has 1 saturated carbocycles. The molecule has 9 heteroatoms. The first-order chi connectivity index (χ1) is 17.2. The smallest absolute Gasteiger partial charge is 0.255 e. The van der Waals surface area contributed by atoms with Crippen molar-refractivity contribution in [2.24, 2.45) is 5.73 Å². The first-order valence-electron chi connectivity index (χ1n) is 11.6. The van der Waals surface area contributed by atoms with E-state index in [2.05, 4.69) is 5.32 Å². The number of nitrogens with zero attached hydrogens (tertiary/aromatic N) is 1. The molecule has 0 aromatic heterocycles. The molecule has 0 heterocycles. The molecular weight excluding hydrogens is 474 g/mol. The minimum atomic E-state index is -0.874. The Morgan fingerprint density at radius 1 is 0.833 bits per heavy atom. The van der Waals surface area contributed by atoms with Crippen LogP contribution in [0.25, 0.3) is 0 Å². The van der Waals surface area contributed by atoms with Gasteiger partial charge in [0.15, 0.2) is 0 Å². The van der Waals surface area contributed by atoms with Crippen LogP contribution in [0.1, 0.15) is 52.0 Å². The first kappa shape index (κ1) is 25.4. The van der Waals surface area contributed by atoms with Crippen LogP contribution in [0, 0.1) is 23.3 Å². The molecule has 2 amide bonds. The number of rotatable bonds is 6. The molecule has 2 unspecified atom stereocenters. The molecule has 0 saturated heterocycles. The molecule has 1 aliphatic rings. The van der Waals surface area contributed by atoms with Crippen LogP contribution in [0.15, 0.2) is 60.7 Å². The summed E-state index contributed by atoms with van der Waals surface area (Å²) in [6, 6.07) is 11.2. The number of halogens is 4. The Bertz CT molecular complexity index is 1240. The van der Waals surface area contributed by atoms with Crippen LogP contribution in [0.4, 0.5) is 23.2 Å². The summed E-state index contributed by atoms with van der Waals surface area (Å²) in [5.41, 5.74) is 7.00. The third-order valence-corrected chi connectivity index (χ3v) is 6.21. The fraction of sp³-hybridized carbons (Fsp3) is 0.259. The van der Waals surface area contributed by atoms with Crippen LogP contribution in [0.3, 0.4) is 0 Å². The topological polar surface area (TPSA) is 75.4 Å². The lowest BCUT2D eigenvalue weighted by atomic mass is 9.89. The lowest BCUT2D eigenvalue weighted by Gasteiger charge is -2.38.